The van der Waals surface area contributed by atoms with E-state index in [1.807, 2.05) is 0 Å². The molecule has 3 rings (SSSR count). The van der Waals surface area contributed by atoms with Gasteiger partial charge in [-0.25, -0.2) is 0 Å². The Balaban J connectivity index is 2.10. The summed E-state index contributed by atoms with van der Waals surface area (Å²) in [6.45, 7) is 0. The number of ether oxygens (including phenoxy) is 1. The van der Waals surface area contributed by atoms with Gasteiger partial charge in [-0.2, -0.15) is 13.2 Å². The van der Waals surface area contributed by atoms with Crippen molar-refractivity contribution >= 4 is 32.7 Å². The van der Waals surface area contributed by atoms with Crippen LogP contribution < -0.4 is 10.1 Å². The van der Waals surface area contributed by atoms with E-state index in [1.54, 1.807) is 24.3 Å². The zero-order valence-electron chi connectivity index (χ0n) is 13.4. The van der Waals surface area contributed by atoms with E-state index in [9.17, 15) is 18.0 Å². The highest BCUT2D eigenvalue weighted by atomic mass is 79.9. The summed E-state index contributed by atoms with van der Waals surface area (Å²) in [4.78, 5) is 16.0. The van der Waals surface area contributed by atoms with Crippen LogP contribution in [0.15, 0.2) is 53.1 Å². The van der Waals surface area contributed by atoms with Crippen molar-refractivity contribution in [3.05, 3.63) is 64.3 Å². The Morgan fingerprint density at radius 3 is 2.62 bits per heavy atom. The maximum atomic E-state index is 13.2. The monoisotopic (exact) mass is 424 g/mol. The standard InChI is InChI=1S/C18H12BrF3N2O2/c1-23-17(25)10-6-11(18(20,21)22)8-13(7-10)26-16-4-5-24-15-3-2-12(19)9-14(15)16/h2-9H,1H3,(H,23,25). The second-order valence-electron chi connectivity index (χ2n) is 5.40. The number of halogens is 4. The molecule has 134 valence electrons. The number of pyridine rings is 1. The van der Waals surface area contributed by atoms with Crippen LogP contribution in [0.3, 0.4) is 0 Å². The lowest BCUT2D eigenvalue weighted by atomic mass is 10.1. The zero-order chi connectivity index (χ0) is 18.9. The SMILES string of the molecule is CNC(=O)c1cc(Oc2ccnc3ccc(Br)cc23)cc(C(F)(F)F)c1. The molecule has 0 aliphatic heterocycles. The van der Waals surface area contributed by atoms with Crippen LogP contribution in [0.5, 0.6) is 11.5 Å². The first kappa shape index (κ1) is 18.2. The zero-order valence-corrected chi connectivity index (χ0v) is 15.0. The van der Waals surface area contributed by atoms with Crippen molar-refractivity contribution in [1.29, 1.82) is 0 Å². The van der Waals surface area contributed by atoms with Crippen molar-refractivity contribution in [2.75, 3.05) is 7.05 Å². The second-order valence-corrected chi connectivity index (χ2v) is 6.31. The number of benzene rings is 2. The summed E-state index contributed by atoms with van der Waals surface area (Å²) in [6, 6.07) is 9.77. The predicted octanol–water partition coefficient (Wildman–Crippen LogP) is 5.17. The summed E-state index contributed by atoms with van der Waals surface area (Å²) in [7, 11) is 1.34. The van der Waals surface area contributed by atoms with Crippen LogP contribution in [0.25, 0.3) is 10.9 Å². The molecular weight excluding hydrogens is 413 g/mol. The molecule has 0 saturated carbocycles. The normalized spacial score (nSPS) is 11.4. The first-order chi connectivity index (χ1) is 12.3. The highest BCUT2D eigenvalue weighted by Crippen LogP contribution is 2.36. The van der Waals surface area contributed by atoms with Crippen molar-refractivity contribution in [3.63, 3.8) is 0 Å². The Bertz CT molecular complexity index is 990. The van der Waals surface area contributed by atoms with Crippen LogP contribution in [0.1, 0.15) is 15.9 Å². The van der Waals surface area contributed by atoms with E-state index in [2.05, 4.69) is 26.2 Å². The van der Waals surface area contributed by atoms with Gasteiger partial charge in [0.05, 0.1) is 11.1 Å². The van der Waals surface area contributed by atoms with Crippen LogP contribution in [-0.2, 0) is 6.18 Å². The summed E-state index contributed by atoms with van der Waals surface area (Å²) in [6.07, 6.45) is -3.11. The third-order valence-corrected chi connectivity index (χ3v) is 4.11. The predicted molar refractivity (Wildman–Crippen MR) is 94.4 cm³/mol. The van der Waals surface area contributed by atoms with Crippen molar-refractivity contribution < 1.29 is 22.7 Å². The molecule has 0 atom stereocenters. The Morgan fingerprint density at radius 2 is 1.92 bits per heavy atom. The van der Waals surface area contributed by atoms with E-state index < -0.39 is 17.6 Å². The molecule has 2 aromatic carbocycles. The molecule has 0 spiro atoms. The molecule has 0 unspecified atom stereocenters. The number of amides is 1. The number of carbonyl (C=O) groups is 1. The Kier molecular flexibility index (Phi) is 4.86. The Hall–Kier alpha value is -2.61. The van der Waals surface area contributed by atoms with Crippen LogP contribution in [0, 0.1) is 0 Å². The molecule has 0 fully saturated rings. The molecule has 0 aliphatic rings. The fourth-order valence-electron chi connectivity index (χ4n) is 2.41. The first-order valence-corrected chi connectivity index (χ1v) is 8.24. The average molecular weight is 425 g/mol. The smallest absolute Gasteiger partial charge is 0.416 e. The van der Waals surface area contributed by atoms with Crippen molar-refractivity contribution in [3.8, 4) is 11.5 Å². The van der Waals surface area contributed by atoms with Gasteiger partial charge in [0.2, 0.25) is 0 Å². The average Bonchev–Trinajstić information content (AvgIpc) is 2.60. The van der Waals surface area contributed by atoms with Gasteiger partial charge >= 0.3 is 6.18 Å². The minimum Gasteiger partial charge on any atom is -0.457 e. The van der Waals surface area contributed by atoms with Crippen molar-refractivity contribution in [1.82, 2.24) is 10.3 Å². The topological polar surface area (TPSA) is 51.2 Å². The molecule has 1 heterocycles. The second kappa shape index (κ2) is 6.95. The molecule has 8 heteroatoms. The van der Waals surface area contributed by atoms with Crippen LogP contribution in [0.4, 0.5) is 13.2 Å². The number of hydrogen-bond acceptors (Lipinski definition) is 3. The maximum Gasteiger partial charge on any atom is 0.416 e. The third-order valence-electron chi connectivity index (χ3n) is 3.61. The Labute approximate surface area is 155 Å². The number of nitrogens with one attached hydrogen (secondary N) is 1. The van der Waals surface area contributed by atoms with E-state index in [0.717, 1.165) is 16.6 Å². The van der Waals surface area contributed by atoms with Gasteiger partial charge in [-0.1, -0.05) is 15.9 Å². The van der Waals surface area contributed by atoms with Crippen LogP contribution in [0.2, 0.25) is 0 Å². The summed E-state index contributed by atoms with van der Waals surface area (Å²) >= 11 is 3.34. The van der Waals surface area contributed by atoms with Gasteiger partial charge in [0.25, 0.3) is 5.91 Å². The van der Waals surface area contributed by atoms with E-state index >= 15 is 0 Å². The fraction of sp³-hybridized carbons (Fsp3) is 0.111. The van der Waals surface area contributed by atoms with Gasteiger partial charge in [-0.15, -0.1) is 0 Å². The highest BCUT2D eigenvalue weighted by Gasteiger charge is 2.32. The maximum absolute atomic E-state index is 13.2. The van der Waals surface area contributed by atoms with Gasteiger partial charge in [0.1, 0.15) is 11.5 Å². The number of rotatable bonds is 3. The van der Waals surface area contributed by atoms with Crippen LogP contribution in [-0.4, -0.2) is 17.9 Å². The molecule has 3 aromatic rings. The molecule has 1 amide bonds. The van der Waals surface area contributed by atoms with Gasteiger partial charge in [0, 0.05) is 28.7 Å². The van der Waals surface area contributed by atoms with Gasteiger partial charge in [-0.05, 0) is 42.5 Å². The molecule has 1 aromatic heterocycles. The quantitative estimate of drug-likeness (QED) is 0.630. The van der Waals surface area contributed by atoms with Gasteiger partial charge in [-0.3, -0.25) is 9.78 Å². The lowest BCUT2D eigenvalue weighted by Crippen LogP contribution is -2.19. The number of hydrogen-bond donors (Lipinski definition) is 1. The fourth-order valence-corrected chi connectivity index (χ4v) is 2.77. The first-order valence-electron chi connectivity index (χ1n) is 7.44. The number of aromatic nitrogens is 1. The molecular formula is C18H12BrF3N2O2. The largest absolute Gasteiger partial charge is 0.457 e. The number of carbonyl (C=O) groups excluding carboxylic acids is 1. The minimum absolute atomic E-state index is 0.0918. The van der Waals surface area contributed by atoms with Gasteiger partial charge in [0.15, 0.2) is 0 Å². The Morgan fingerprint density at radius 1 is 1.15 bits per heavy atom. The van der Waals surface area contributed by atoms with Gasteiger partial charge < -0.3 is 10.1 Å². The summed E-state index contributed by atoms with van der Waals surface area (Å²) < 4.78 is 45.9. The molecule has 26 heavy (non-hydrogen) atoms. The number of fused-ring (bicyclic) bond motifs is 1. The number of alkyl halides is 3. The molecule has 0 bridgehead atoms. The molecule has 4 nitrogen and oxygen atoms in total. The van der Waals surface area contributed by atoms with E-state index in [1.165, 1.54) is 19.3 Å². The third kappa shape index (κ3) is 3.80. The summed E-state index contributed by atoms with van der Waals surface area (Å²) in [5.74, 6) is -0.396. The molecule has 0 radical (unpaired) electrons. The van der Waals surface area contributed by atoms with Crippen molar-refractivity contribution in [2.45, 2.75) is 6.18 Å². The van der Waals surface area contributed by atoms with E-state index in [4.69, 9.17) is 4.74 Å². The van der Waals surface area contributed by atoms with Crippen LogP contribution >= 0.6 is 15.9 Å². The van der Waals surface area contributed by atoms with Crippen molar-refractivity contribution in [2.24, 2.45) is 0 Å². The minimum atomic E-state index is -4.61. The lowest BCUT2D eigenvalue weighted by Gasteiger charge is -2.13. The molecule has 1 N–H and O–H groups in total. The highest BCUT2D eigenvalue weighted by molar-refractivity contribution is 9.10. The summed E-state index contributed by atoms with van der Waals surface area (Å²) in [5.41, 5.74) is -0.478. The lowest BCUT2D eigenvalue weighted by molar-refractivity contribution is -0.137. The number of nitrogens with zero attached hydrogens (tertiary/aromatic N) is 1. The molecule has 0 aliphatic carbocycles. The summed E-state index contributed by atoms with van der Waals surface area (Å²) in [5, 5.41) is 2.94. The van der Waals surface area contributed by atoms with E-state index in [-0.39, 0.29) is 11.3 Å². The molecule has 0 saturated heterocycles. The van der Waals surface area contributed by atoms with E-state index in [0.29, 0.717) is 16.7 Å².